The number of nitroso groups, excluding NO2 is 1. The molecule has 0 aromatic rings. The van der Waals surface area contributed by atoms with Gasteiger partial charge >= 0.3 is 0 Å². The lowest BCUT2D eigenvalue weighted by atomic mass is 9.44. The van der Waals surface area contributed by atoms with Gasteiger partial charge in [0.15, 0.2) is 0 Å². The molecule has 2 unspecified atom stereocenters. The molecule has 0 aromatic carbocycles. The summed E-state index contributed by atoms with van der Waals surface area (Å²) in [6, 6.07) is -0.0813. The summed E-state index contributed by atoms with van der Waals surface area (Å²) in [5.74, 6) is 2.19. The molecule has 0 aromatic heterocycles. The van der Waals surface area contributed by atoms with E-state index in [1.165, 1.54) is 0 Å². The molecule has 0 radical (unpaired) electrons. The molecule has 166 valence electrons. The molecule has 0 amide bonds. The topological polar surface area (TPSA) is 94.1 Å². The van der Waals surface area contributed by atoms with E-state index in [4.69, 9.17) is 10.6 Å². The summed E-state index contributed by atoms with van der Waals surface area (Å²) in [4.78, 5) is 30.5. The van der Waals surface area contributed by atoms with E-state index in [1.807, 2.05) is 0 Å². The molecule has 0 saturated heterocycles. The average Bonchev–Trinajstić information content (AvgIpc) is 3.28. The van der Waals surface area contributed by atoms with Crippen LogP contribution in [0.15, 0.2) is 10.3 Å². The molecule has 0 heterocycles. The van der Waals surface area contributed by atoms with Crippen molar-refractivity contribution in [2.75, 3.05) is 0 Å². The number of hydrogen-bond donors (Lipinski definition) is 1. The smallest absolute Gasteiger partial charge is 0.142 e. The van der Waals surface area contributed by atoms with Gasteiger partial charge in [0.25, 0.3) is 0 Å². The maximum atomic E-state index is 12.6. The van der Waals surface area contributed by atoms with Crippen molar-refractivity contribution >= 4 is 11.5 Å². The van der Waals surface area contributed by atoms with Gasteiger partial charge in [0.05, 0.1) is 11.8 Å². The maximum Gasteiger partial charge on any atom is 0.142 e. The van der Waals surface area contributed by atoms with Crippen LogP contribution in [0.1, 0.15) is 84.5 Å². The Labute approximate surface area is 179 Å². The van der Waals surface area contributed by atoms with E-state index in [0.717, 1.165) is 76.3 Å². The fourth-order valence-electron chi connectivity index (χ4n) is 8.30. The van der Waals surface area contributed by atoms with Crippen LogP contribution in [0.5, 0.6) is 0 Å². The third kappa shape index (κ3) is 3.00. The number of oxime groups is 1. The third-order valence-corrected chi connectivity index (χ3v) is 10.2. The quantitative estimate of drug-likeness (QED) is 0.538. The van der Waals surface area contributed by atoms with Gasteiger partial charge in [0, 0.05) is 17.9 Å². The van der Waals surface area contributed by atoms with Crippen molar-refractivity contribution < 1.29 is 9.63 Å². The van der Waals surface area contributed by atoms with E-state index >= 15 is 0 Å². The monoisotopic (exact) mass is 415 g/mol. The number of nitrogens with zero attached hydrogens (tertiary/aromatic N) is 2. The first-order valence-corrected chi connectivity index (χ1v) is 12.2. The molecular weight excluding hydrogens is 378 g/mol. The highest BCUT2D eigenvalue weighted by molar-refractivity contribution is 5.87. The predicted octanol–water partition coefficient (Wildman–Crippen LogP) is 4.60. The summed E-state index contributed by atoms with van der Waals surface area (Å²) >= 11 is 0. The summed E-state index contributed by atoms with van der Waals surface area (Å²) in [5.41, 5.74) is 7.16. The molecule has 5 aliphatic rings. The van der Waals surface area contributed by atoms with E-state index in [0.29, 0.717) is 23.5 Å². The SMILES string of the molecule is C[C@]12CCC(=NO[C@@H]3CCC[C@@H]3N)CC1C(N=O)C[C@@H]1[C@@H]2CC[C@]2(C)C(=O)CC[C@@H]12. The van der Waals surface area contributed by atoms with E-state index in [9.17, 15) is 9.70 Å². The molecule has 6 nitrogen and oxygen atoms in total. The van der Waals surface area contributed by atoms with Crippen LogP contribution in [0.4, 0.5) is 0 Å². The van der Waals surface area contributed by atoms with Crippen molar-refractivity contribution in [1.82, 2.24) is 0 Å². The Balaban J connectivity index is 1.36. The van der Waals surface area contributed by atoms with Crippen molar-refractivity contribution in [2.45, 2.75) is 103 Å². The van der Waals surface area contributed by atoms with E-state index < -0.39 is 0 Å². The first kappa shape index (κ1) is 20.6. The Morgan fingerprint density at radius 3 is 2.60 bits per heavy atom. The van der Waals surface area contributed by atoms with Crippen molar-refractivity contribution in [2.24, 2.45) is 50.6 Å². The van der Waals surface area contributed by atoms with Crippen LogP contribution in [0.3, 0.4) is 0 Å². The Morgan fingerprint density at radius 2 is 1.87 bits per heavy atom. The Hall–Kier alpha value is -1.30. The Morgan fingerprint density at radius 1 is 1.03 bits per heavy atom. The van der Waals surface area contributed by atoms with Crippen molar-refractivity contribution in [3.63, 3.8) is 0 Å². The van der Waals surface area contributed by atoms with Gasteiger partial charge in [-0.15, -0.1) is 0 Å². The molecular formula is C24H37N3O3. The number of rotatable bonds is 3. The zero-order chi connectivity index (χ0) is 21.1. The lowest BCUT2D eigenvalue weighted by molar-refractivity contribution is -0.138. The largest absolute Gasteiger partial charge is 0.391 e. The molecule has 0 spiro atoms. The van der Waals surface area contributed by atoms with E-state index in [2.05, 4.69) is 24.2 Å². The number of fused-ring (bicyclic) bond motifs is 5. The summed E-state index contributed by atoms with van der Waals surface area (Å²) in [6.07, 6.45) is 10.7. The Kier molecular flexibility index (Phi) is 5.07. The van der Waals surface area contributed by atoms with Crippen LogP contribution in [0, 0.1) is 39.4 Å². The Bertz CT molecular complexity index is 754. The van der Waals surface area contributed by atoms with Crippen LogP contribution in [-0.4, -0.2) is 29.7 Å². The standard InChI is InChI=1S/C24H37N3O3/c1-23-10-8-14(27-30-21-5-3-4-19(21)25)12-18(23)20(26-29)13-15-16-6-7-22(28)24(16,2)11-9-17(15)23/h15-21H,3-13,25H2,1-2H3/t15-,16-,17-,18?,19-,20?,21+,23+,24-/m0/s1. The molecule has 0 bridgehead atoms. The fourth-order valence-corrected chi connectivity index (χ4v) is 8.30. The van der Waals surface area contributed by atoms with Gasteiger partial charge in [-0.2, -0.15) is 4.91 Å². The van der Waals surface area contributed by atoms with E-state index in [-0.39, 0.29) is 34.9 Å². The summed E-state index contributed by atoms with van der Waals surface area (Å²) < 4.78 is 0. The number of carbonyl (C=O) groups is 1. The van der Waals surface area contributed by atoms with Crippen LogP contribution in [0.25, 0.3) is 0 Å². The molecule has 5 fully saturated rings. The van der Waals surface area contributed by atoms with Gasteiger partial charge in [-0.1, -0.05) is 24.2 Å². The minimum Gasteiger partial charge on any atom is -0.391 e. The van der Waals surface area contributed by atoms with Crippen LogP contribution < -0.4 is 5.73 Å². The van der Waals surface area contributed by atoms with Crippen LogP contribution in [-0.2, 0) is 9.63 Å². The third-order valence-electron chi connectivity index (χ3n) is 10.2. The first-order valence-electron chi connectivity index (χ1n) is 12.2. The molecule has 5 saturated carbocycles. The highest BCUT2D eigenvalue weighted by atomic mass is 16.6. The van der Waals surface area contributed by atoms with Gasteiger partial charge in [-0.05, 0) is 93.3 Å². The van der Waals surface area contributed by atoms with E-state index in [1.54, 1.807) is 0 Å². The number of carbonyl (C=O) groups excluding carboxylic acids is 1. The number of ketones is 1. The highest BCUT2D eigenvalue weighted by Crippen LogP contribution is 2.65. The van der Waals surface area contributed by atoms with Gasteiger partial charge < -0.3 is 10.6 Å². The molecule has 5 rings (SSSR count). The predicted molar refractivity (Wildman–Crippen MR) is 116 cm³/mol. The normalized spacial score (nSPS) is 51.9. The first-order chi connectivity index (χ1) is 14.4. The molecule has 6 heteroatoms. The summed E-state index contributed by atoms with van der Waals surface area (Å²) in [6.45, 7) is 4.59. The second-order valence-electron chi connectivity index (χ2n) is 11.4. The lowest BCUT2D eigenvalue weighted by Gasteiger charge is -2.60. The number of nitrogens with two attached hydrogens (primary N) is 1. The fraction of sp³-hybridized carbons (Fsp3) is 0.917. The second-order valence-corrected chi connectivity index (χ2v) is 11.4. The maximum absolute atomic E-state index is 12.6. The summed E-state index contributed by atoms with van der Waals surface area (Å²) in [5, 5.41) is 8.19. The molecule has 0 aliphatic heterocycles. The van der Waals surface area contributed by atoms with Gasteiger partial charge in [0.1, 0.15) is 11.9 Å². The second kappa shape index (κ2) is 7.39. The number of hydrogen-bond acceptors (Lipinski definition) is 6. The van der Waals surface area contributed by atoms with Crippen molar-refractivity contribution in [1.29, 1.82) is 0 Å². The van der Waals surface area contributed by atoms with Gasteiger partial charge in [-0.3, -0.25) is 4.79 Å². The lowest BCUT2D eigenvalue weighted by Crippen LogP contribution is -2.57. The van der Waals surface area contributed by atoms with Crippen molar-refractivity contribution in [3.8, 4) is 0 Å². The minimum atomic E-state index is -0.173. The summed E-state index contributed by atoms with van der Waals surface area (Å²) in [7, 11) is 0. The molecule has 2 N–H and O–H groups in total. The van der Waals surface area contributed by atoms with Crippen LogP contribution >= 0.6 is 0 Å². The molecule has 9 atom stereocenters. The zero-order valence-electron chi connectivity index (χ0n) is 18.5. The zero-order valence-corrected chi connectivity index (χ0v) is 18.5. The average molecular weight is 416 g/mol. The minimum absolute atomic E-state index is 0.0393. The highest BCUT2D eigenvalue weighted by Gasteiger charge is 2.62. The molecule has 5 aliphatic carbocycles. The van der Waals surface area contributed by atoms with Gasteiger partial charge in [-0.25, -0.2) is 0 Å². The van der Waals surface area contributed by atoms with Crippen molar-refractivity contribution in [3.05, 3.63) is 4.91 Å². The number of Topliss-reactive ketones (excluding diaryl/α,β-unsaturated/α-hetero) is 1. The van der Waals surface area contributed by atoms with Gasteiger partial charge in [0.2, 0.25) is 0 Å². The van der Waals surface area contributed by atoms with Crippen LogP contribution in [0.2, 0.25) is 0 Å². The molecule has 30 heavy (non-hydrogen) atoms.